The van der Waals surface area contributed by atoms with E-state index < -0.39 is 11.9 Å². The van der Waals surface area contributed by atoms with Gasteiger partial charge in [-0.1, -0.05) is 17.7 Å². The van der Waals surface area contributed by atoms with E-state index in [1.807, 2.05) is 0 Å². The van der Waals surface area contributed by atoms with Crippen LogP contribution in [-0.2, 0) is 4.79 Å². The van der Waals surface area contributed by atoms with Gasteiger partial charge in [-0.15, -0.1) is 6.58 Å². The molecule has 96 valence electrons. The number of carbonyl (C=O) groups excluding carboxylic acids is 2. The number of rotatable bonds is 5. The number of primary amides is 1. The smallest absolute Gasteiger partial charge is 0.250 e. The Bertz CT molecular complexity index is 488. The van der Waals surface area contributed by atoms with E-state index in [-0.39, 0.29) is 16.5 Å². The molecule has 0 saturated carbocycles. The second-order valence-electron chi connectivity index (χ2n) is 3.68. The number of benzene rings is 1. The van der Waals surface area contributed by atoms with Crippen molar-refractivity contribution in [3.05, 3.63) is 41.4 Å². The molecule has 1 atom stereocenters. The van der Waals surface area contributed by atoms with Crippen molar-refractivity contribution in [1.82, 2.24) is 0 Å². The summed E-state index contributed by atoms with van der Waals surface area (Å²) < 4.78 is 0. The lowest BCUT2D eigenvalue weighted by molar-refractivity contribution is -0.117. The summed E-state index contributed by atoms with van der Waals surface area (Å²) in [6.07, 6.45) is 1.92. The van der Waals surface area contributed by atoms with Crippen molar-refractivity contribution in [1.29, 1.82) is 0 Å². The maximum atomic E-state index is 11.6. The first-order valence-electron chi connectivity index (χ1n) is 5.22. The summed E-state index contributed by atoms with van der Waals surface area (Å²) in [5.74, 6) is -1.03. The van der Waals surface area contributed by atoms with Gasteiger partial charge in [0.2, 0.25) is 11.8 Å². The Hall–Kier alpha value is -1.85. The van der Waals surface area contributed by atoms with Gasteiger partial charge in [-0.05, 0) is 24.6 Å². The highest BCUT2D eigenvalue weighted by molar-refractivity contribution is 6.34. The van der Waals surface area contributed by atoms with Crippen LogP contribution in [0.1, 0.15) is 16.8 Å². The Labute approximate surface area is 110 Å². The van der Waals surface area contributed by atoms with Crippen molar-refractivity contribution in [3.8, 4) is 0 Å². The largest absolute Gasteiger partial charge is 0.366 e. The molecular formula is C12H14ClN3O2. The molecule has 0 saturated heterocycles. The summed E-state index contributed by atoms with van der Waals surface area (Å²) in [5.41, 5.74) is 11.3. The Morgan fingerprint density at radius 3 is 2.72 bits per heavy atom. The van der Waals surface area contributed by atoms with Crippen molar-refractivity contribution >= 4 is 29.1 Å². The molecule has 0 fully saturated rings. The maximum absolute atomic E-state index is 11.6. The number of hydrogen-bond acceptors (Lipinski definition) is 3. The summed E-state index contributed by atoms with van der Waals surface area (Å²) in [4.78, 5) is 22.7. The van der Waals surface area contributed by atoms with E-state index in [0.29, 0.717) is 12.1 Å². The van der Waals surface area contributed by atoms with Crippen molar-refractivity contribution in [2.24, 2.45) is 11.5 Å². The molecule has 0 radical (unpaired) electrons. The lowest BCUT2D eigenvalue weighted by atomic mass is 10.1. The second-order valence-corrected chi connectivity index (χ2v) is 4.09. The lowest BCUT2D eigenvalue weighted by Gasteiger charge is -2.11. The lowest BCUT2D eigenvalue weighted by Crippen LogP contribution is -2.35. The van der Waals surface area contributed by atoms with Gasteiger partial charge in [0.1, 0.15) is 0 Å². The van der Waals surface area contributed by atoms with Crippen LogP contribution in [-0.4, -0.2) is 17.9 Å². The number of anilines is 1. The zero-order chi connectivity index (χ0) is 13.7. The molecule has 1 rings (SSSR count). The maximum Gasteiger partial charge on any atom is 0.250 e. The minimum absolute atomic E-state index is 0.145. The van der Waals surface area contributed by atoms with E-state index in [1.54, 1.807) is 12.1 Å². The standard InChI is InChI=1S/C12H14ClN3O2/c1-2-3-10(14)12(18)16-7-4-5-9(13)8(6-7)11(15)17/h2,4-6,10H,1,3,14H2,(H2,15,17)(H,16,18). The van der Waals surface area contributed by atoms with Gasteiger partial charge < -0.3 is 16.8 Å². The van der Waals surface area contributed by atoms with Crippen molar-refractivity contribution in [2.75, 3.05) is 5.32 Å². The van der Waals surface area contributed by atoms with Gasteiger partial charge in [-0.2, -0.15) is 0 Å². The Kier molecular flexibility index (Phi) is 4.88. The summed E-state index contributed by atoms with van der Waals surface area (Å²) in [6.45, 7) is 3.50. The molecule has 2 amide bonds. The van der Waals surface area contributed by atoms with Crippen molar-refractivity contribution in [3.63, 3.8) is 0 Å². The van der Waals surface area contributed by atoms with E-state index in [1.165, 1.54) is 12.1 Å². The predicted octanol–water partition coefficient (Wildman–Crippen LogP) is 1.28. The fourth-order valence-corrected chi connectivity index (χ4v) is 1.52. The molecule has 0 aromatic heterocycles. The highest BCUT2D eigenvalue weighted by Crippen LogP contribution is 2.20. The van der Waals surface area contributed by atoms with Crippen LogP contribution < -0.4 is 16.8 Å². The molecule has 18 heavy (non-hydrogen) atoms. The number of carbonyl (C=O) groups is 2. The van der Waals surface area contributed by atoms with E-state index in [4.69, 9.17) is 23.1 Å². The van der Waals surface area contributed by atoms with Gasteiger partial charge in [-0.25, -0.2) is 0 Å². The monoisotopic (exact) mass is 267 g/mol. The van der Waals surface area contributed by atoms with Gasteiger partial charge in [0, 0.05) is 5.69 Å². The molecule has 0 aliphatic rings. The van der Waals surface area contributed by atoms with Crippen LogP contribution in [0.15, 0.2) is 30.9 Å². The first-order valence-corrected chi connectivity index (χ1v) is 5.60. The molecule has 0 aliphatic carbocycles. The van der Waals surface area contributed by atoms with Crippen LogP contribution in [0.5, 0.6) is 0 Å². The average molecular weight is 268 g/mol. The minimum atomic E-state index is -0.685. The van der Waals surface area contributed by atoms with E-state index in [0.717, 1.165) is 0 Å². The first kappa shape index (κ1) is 14.2. The third-order valence-corrected chi connectivity index (χ3v) is 2.59. The third kappa shape index (κ3) is 3.58. The van der Waals surface area contributed by atoms with Gasteiger partial charge >= 0.3 is 0 Å². The number of nitrogens with two attached hydrogens (primary N) is 2. The molecular weight excluding hydrogens is 254 g/mol. The fraction of sp³-hybridized carbons (Fsp3) is 0.167. The predicted molar refractivity (Wildman–Crippen MR) is 71.4 cm³/mol. The zero-order valence-electron chi connectivity index (χ0n) is 9.65. The molecule has 0 heterocycles. The Morgan fingerprint density at radius 1 is 1.50 bits per heavy atom. The molecule has 0 spiro atoms. The Balaban J connectivity index is 2.85. The number of halogens is 1. The average Bonchev–Trinajstić information content (AvgIpc) is 2.31. The minimum Gasteiger partial charge on any atom is -0.366 e. The highest BCUT2D eigenvalue weighted by atomic mass is 35.5. The molecule has 0 aliphatic heterocycles. The summed E-state index contributed by atoms with van der Waals surface area (Å²) >= 11 is 5.79. The van der Waals surface area contributed by atoms with E-state index in [2.05, 4.69) is 11.9 Å². The third-order valence-electron chi connectivity index (χ3n) is 2.26. The topological polar surface area (TPSA) is 98.2 Å². The number of nitrogens with one attached hydrogen (secondary N) is 1. The van der Waals surface area contributed by atoms with Crippen LogP contribution in [0.4, 0.5) is 5.69 Å². The van der Waals surface area contributed by atoms with Gasteiger partial charge in [0.25, 0.3) is 0 Å². The van der Waals surface area contributed by atoms with Crippen LogP contribution in [0.25, 0.3) is 0 Å². The van der Waals surface area contributed by atoms with Gasteiger partial charge in [0.05, 0.1) is 16.6 Å². The van der Waals surface area contributed by atoms with Crippen LogP contribution in [0.2, 0.25) is 5.02 Å². The number of amides is 2. The van der Waals surface area contributed by atoms with Crippen LogP contribution in [0, 0.1) is 0 Å². The molecule has 1 aromatic rings. The van der Waals surface area contributed by atoms with Crippen molar-refractivity contribution in [2.45, 2.75) is 12.5 Å². The molecule has 6 heteroatoms. The van der Waals surface area contributed by atoms with E-state index in [9.17, 15) is 9.59 Å². The quantitative estimate of drug-likeness (QED) is 0.701. The molecule has 1 unspecified atom stereocenters. The highest BCUT2D eigenvalue weighted by Gasteiger charge is 2.13. The summed E-state index contributed by atoms with van der Waals surface area (Å²) in [7, 11) is 0. The second kappa shape index (κ2) is 6.18. The fourth-order valence-electron chi connectivity index (χ4n) is 1.31. The molecule has 0 bridgehead atoms. The SMILES string of the molecule is C=CCC(N)C(=O)Nc1ccc(Cl)c(C(N)=O)c1. The zero-order valence-corrected chi connectivity index (χ0v) is 10.4. The van der Waals surface area contributed by atoms with Crippen molar-refractivity contribution < 1.29 is 9.59 Å². The Morgan fingerprint density at radius 2 is 2.17 bits per heavy atom. The van der Waals surface area contributed by atoms with Gasteiger partial charge in [-0.3, -0.25) is 9.59 Å². The summed E-state index contributed by atoms with van der Waals surface area (Å²) in [5, 5.41) is 2.80. The first-order chi connectivity index (χ1) is 8.45. The van der Waals surface area contributed by atoms with Crippen LogP contribution >= 0.6 is 11.6 Å². The molecule has 5 nitrogen and oxygen atoms in total. The van der Waals surface area contributed by atoms with E-state index >= 15 is 0 Å². The normalized spacial score (nSPS) is 11.7. The number of hydrogen-bond donors (Lipinski definition) is 3. The molecule has 1 aromatic carbocycles. The van der Waals surface area contributed by atoms with Crippen LogP contribution in [0.3, 0.4) is 0 Å². The van der Waals surface area contributed by atoms with Gasteiger partial charge in [0.15, 0.2) is 0 Å². The molecule has 5 N–H and O–H groups in total. The summed E-state index contributed by atoms with van der Waals surface area (Å²) in [6, 6.07) is 3.77.